The summed E-state index contributed by atoms with van der Waals surface area (Å²) in [5.41, 5.74) is 0. The van der Waals surface area contributed by atoms with E-state index < -0.39 is 6.10 Å². The third-order valence-corrected chi connectivity index (χ3v) is 12.0. The Labute approximate surface area is 460 Å². The molecule has 6 nitrogen and oxygen atoms in total. The van der Waals surface area contributed by atoms with Crippen LogP contribution in [0, 0.1) is 0 Å². The van der Waals surface area contributed by atoms with E-state index in [-0.39, 0.29) is 44.0 Å². The first kappa shape index (κ1) is 70.0. The molecule has 0 bridgehead atoms. The van der Waals surface area contributed by atoms with Gasteiger partial charge >= 0.3 is 17.9 Å². The van der Waals surface area contributed by atoms with Crippen LogP contribution in [0.2, 0.25) is 0 Å². The molecule has 0 fully saturated rings. The van der Waals surface area contributed by atoms with Gasteiger partial charge in [-0.05, 0) is 141 Å². The maximum atomic E-state index is 12.9. The quantitative estimate of drug-likeness (QED) is 0.0261. The highest BCUT2D eigenvalue weighted by atomic mass is 16.6. The molecule has 0 aliphatic carbocycles. The predicted molar refractivity (Wildman–Crippen MR) is 325 cm³/mol. The van der Waals surface area contributed by atoms with E-state index in [4.69, 9.17) is 14.2 Å². The van der Waals surface area contributed by atoms with Crippen LogP contribution in [0.1, 0.15) is 239 Å². The Morgan fingerprint density at radius 3 is 0.893 bits per heavy atom. The first-order chi connectivity index (χ1) is 37.0. The van der Waals surface area contributed by atoms with Crippen LogP contribution in [-0.2, 0) is 28.6 Å². The van der Waals surface area contributed by atoms with Gasteiger partial charge in [-0.2, -0.15) is 0 Å². The molecule has 0 heterocycles. The second-order valence-electron chi connectivity index (χ2n) is 19.1. The van der Waals surface area contributed by atoms with Crippen molar-refractivity contribution in [2.75, 3.05) is 13.2 Å². The van der Waals surface area contributed by atoms with Gasteiger partial charge in [-0.1, -0.05) is 237 Å². The molecule has 0 aromatic rings. The molecule has 0 aliphatic heterocycles. The Hall–Kier alpha value is -4.97. The van der Waals surface area contributed by atoms with E-state index in [2.05, 4.69) is 179 Å². The maximum Gasteiger partial charge on any atom is 0.306 e. The molecule has 0 amide bonds. The van der Waals surface area contributed by atoms with Gasteiger partial charge in [-0.25, -0.2) is 0 Å². The summed E-state index contributed by atoms with van der Waals surface area (Å²) in [6, 6.07) is 0. The lowest BCUT2D eigenvalue weighted by atomic mass is 10.1. The molecule has 0 saturated heterocycles. The van der Waals surface area contributed by atoms with Crippen LogP contribution in [-0.4, -0.2) is 37.2 Å². The van der Waals surface area contributed by atoms with E-state index in [1.807, 2.05) is 0 Å². The van der Waals surface area contributed by atoms with Crippen molar-refractivity contribution in [3.05, 3.63) is 158 Å². The van der Waals surface area contributed by atoms with Crippen molar-refractivity contribution in [1.82, 2.24) is 0 Å². The van der Waals surface area contributed by atoms with Crippen molar-refractivity contribution < 1.29 is 28.6 Å². The van der Waals surface area contributed by atoms with Crippen molar-refractivity contribution in [3.63, 3.8) is 0 Å². The van der Waals surface area contributed by atoms with Crippen LogP contribution in [0.25, 0.3) is 0 Å². The number of allylic oxidation sites excluding steroid dienone is 26. The van der Waals surface area contributed by atoms with E-state index in [1.165, 1.54) is 70.6 Å². The van der Waals surface area contributed by atoms with Crippen LogP contribution < -0.4 is 0 Å². The van der Waals surface area contributed by atoms with E-state index in [0.29, 0.717) is 19.3 Å². The highest BCUT2D eigenvalue weighted by molar-refractivity contribution is 5.71. The molecule has 0 rings (SSSR count). The zero-order chi connectivity index (χ0) is 54.3. The molecule has 420 valence electrons. The molecule has 75 heavy (non-hydrogen) atoms. The average molecular weight is 1030 g/mol. The molecular formula is C69H108O6. The lowest BCUT2D eigenvalue weighted by Gasteiger charge is -2.18. The highest BCUT2D eigenvalue weighted by Crippen LogP contribution is 2.14. The zero-order valence-corrected chi connectivity index (χ0v) is 48.0. The minimum absolute atomic E-state index is 0.126. The number of carbonyl (C=O) groups excluding carboxylic acids is 3. The fraction of sp³-hybridized carbons (Fsp3) is 0.580. The van der Waals surface area contributed by atoms with Gasteiger partial charge in [0.1, 0.15) is 13.2 Å². The first-order valence-corrected chi connectivity index (χ1v) is 30.0. The summed E-state index contributed by atoms with van der Waals surface area (Å²) in [5, 5.41) is 0. The molecule has 0 saturated carbocycles. The molecule has 0 N–H and O–H groups in total. The van der Waals surface area contributed by atoms with E-state index in [0.717, 1.165) is 116 Å². The zero-order valence-electron chi connectivity index (χ0n) is 48.0. The number of hydrogen-bond acceptors (Lipinski definition) is 6. The number of esters is 3. The van der Waals surface area contributed by atoms with Gasteiger partial charge in [0.2, 0.25) is 0 Å². The van der Waals surface area contributed by atoms with Crippen molar-refractivity contribution in [3.8, 4) is 0 Å². The smallest absolute Gasteiger partial charge is 0.306 e. The van der Waals surface area contributed by atoms with Crippen LogP contribution in [0.15, 0.2) is 158 Å². The number of carbonyl (C=O) groups is 3. The molecule has 1 atom stereocenters. The summed E-state index contributed by atoms with van der Waals surface area (Å²) in [6.07, 6.45) is 89.6. The Morgan fingerprint density at radius 1 is 0.280 bits per heavy atom. The topological polar surface area (TPSA) is 78.9 Å². The first-order valence-electron chi connectivity index (χ1n) is 30.0. The molecule has 6 heteroatoms. The summed E-state index contributed by atoms with van der Waals surface area (Å²) in [6.45, 7) is 6.29. The van der Waals surface area contributed by atoms with Crippen LogP contribution >= 0.6 is 0 Å². The fourth-order valence-corrected chi connectivity index (χ4v) is 7.57. The lowest BCUT2D eigenvalue weighted by molar-refractivity contribution is -0.167. The third kappa shape index (κ3) is 59.8. The predicted octanol–water partition coefficient (Wildman–Crippen LogP) is 20.5. The van der Waals surface area contributed by atoms with Gasteiger partial charge in [0, 0.05) is 19.3 Å². The van der Waals surface area contributed by atoms with Crippen LogP contribution in [0.3, 0.4) is 0 Å². The molecule has 0 aliphatic rings. The van der Waals surface area contributed by atoms with Crippen LogP contribution in [0.4, 0.5) is 0 Å². The van der Waals surface area contributed by atoms with Gasteiger partial charge in [0.25, 0.3) is 0 Å². The monoisotopic (exact) mass is 1030 g/mol. The fourth-order valence-electron chi connectivity index (χ4n) is 7.57. The van der Waals surface area contributed by atoms with Gasteiger partial charge < -0.3 is 14.2 Å². The number of unbranched alkanes of at least 4 members (excludes halogenated alkanes) is 15. The molecule has 0 aromatic carbocycles. The van der Waals surface area contributed by atoms with Gasteiger partial charge in [-0.15, -0.1) is 0 Å². The van der Waals surface area contributed by atoms with Crippen molar-refractivity contribution >= 4 is 17.9 Å². The lowest BCUT2D eigenvalue weighted by Crippen LogP contribution is -2.30. The summed E-state index contributed by atoms with van der Waals surface area (Å²) in [7, 11) is 0. The maximum absolute atomic E-state index is 12.9. The number of hydrogen-bond donors (Lipinski definition) is 0. The third-order valence-electron chi connectivity index (χ3n) is 12.0. The van der Waals surface area contributed by atoms with Crippen molar-refractivity contribution in [2.24, 2.45) is 0 Å². The minimum Gasteiger partial charge on any atom is -0.462 e. The summed E-state index contributed by atoms with van der Waals surface area (Å²) < 4.78 is 16.8. The van der Waals surface area contributed by atoms with E-state index in [9.17, 15) is 14.4 Å². The molecular weight excluding hydrogens is 925 g/mol. The Bertz CT molecular complexity index is 1710. The van der Waals surface area contributed by atoms with Gasteiger partial charge in [0.05, 0.1) is 0 Å². The minimum atomic E-state index is -0.830. The van der Waals surface area contributed by atoms with E-state index >= 15 is 0 Å². The number of ether oxygens (including phenoxy) is 3. The van der Waals surface area contributed by atoms with Crippen molar-refractivity contribution in [2.45, 2.75) is 245 Å². The Balaban J connectivity index is 4.56. The molecule has 1 unspecified atom stereocenters. The SMILES string of the molecule is CC/C=C\C/C=C\C/C=C\C/C=C\C/C=C\C/C=C\C/C=C\CCCC(=O)OCC(COC(=O)CCCC/C=C\C/C=C\C/C=C\C/C=C\CC)OC(=O)CCCCCCCCCCC/C=C\C/C=C\CCCCC. The summed E-state index contributed by atoms with van der Waals surface area (Å²) in [4.78, 5) is 38.2. The molecule has 0 spiro atoms. The highest BCUT2D eigenvalue weighted by Gasteiger charge is 2.19. The van der Waals surface area contributed by atoms with Crippen LogP contribution in [0.5, 0.6) is 0 Å². The van der Waals surface area contributed by atoms with Crippen molar-refractivity contribution in [1.29, 1.82) is 0 Å². The number of rotatable bonds is 52. The standard InChI is InChI=1S/C69H108O6/c1-4-7-10-13-16-19-22-25-28-30-32-33-34-35-37-38-41-44-47-50-53-56-59-62-68(71)74-65-66(64-73-67(70)61-58-55-52-49-46-43-40-27-24-21-18-15-12-9-6-3)75-69(72)63-60-57-54-51-48-45-42-39-36-31-29-26-23-20-17-14-11-8-5-2/h7,9-10,12,16-21,25-29,32-33,35,37,40-41,44,46,49-50,53,66H,4-6,8,11,13-15,22-24,30-31,34,36,38-39,42-43,45,47-48,51-52,54-65H2,1-3H3/b10-7-,12-9-,19-16-,20-17-,21-18-,28-25-,29-26-,33-32-,37-35-,40-27-,44-41-,49-46-,53-50-. The molecule has 0 radical (unpaired) electrons. The second kappa shape index (κ2) is 61.6. The normalized spacial score (nSPS) is 13.3. The largest absolute Gasteiger partial charge is 0.462 e. The average Bonchev–Trinajstić information content (AvgIpc) is 3.41. The van der Waals surface area contributed by atoms with Gasteiger partial charge in [0.15, 0.2) is 6.10 Å². The second-order valence-corrected chi connectivity index (χ2v) is 19.1. The Kier molecular flexibility index (Phi) is 57.5. The van der Waals surface area contributed by atoms with Gasteiger partial charge in [-0.3, -0.25) is 14.4 Å². The molecule has 0 aromatic heterocycles. The Morgan fingerprint density at radius 2 is 0.533 bits per heavy atom. The summed E-state index contributed by atoms with van der Waals surface area (Å²) in [5.74, 6) is -1.03. The summed E-state index contributed by atoms with van der Waals surface area (Å²) >= 11 is 0. The van der Waals surface area contributed by atoms with E-state index in [1.54, 1.807) is 0 Å².